The van der Waals surface area contributed by atoms with Crippen molar-refractivity contribution in [2.45, 2.75) is 33.1 Å². The van der Waals surface area contributed by atoms with Crippen molar-refractivity contribution >= 4 is 15.8 Å². The summed E-state index contributed by atoms with van der Waals surface area (Å²) < 4.78 is 25.6. The summed E-state index contributed by atoms with van der Waals surface area (Å²) >= 11 is 0. The third-order valence-corrected chi connectivity index (χ3v) is 3.46. The fraction of sp³-hybridized carbons (Fsp3) is 0.667. The van der Waals surface area contributed by atoms with Gasteiger partial charge in [0.1, 0.15) is 5.82 Å². The largest absolute Gasteiger partial charge is 0.267 e. The summed E-state index contributed by atoms with van der Waals surface area (Å²) in [5.74, 6) is 0.652. The van der Waals surface area contributed by atoms with Crippen LogP contribution in [-0.2, 0) is 16.4 Å². The number of aromatic amines is 1. The van der Waals surface area contributed by atoms with Gasteiger partial charge in [-0.3, -0.25) is 9.82 Å². The number of H-pyrrole nitrogens is 1. The second-order valence-corrected chi connectivity index (χ2v) is 5.24. The normalized spacial score (nSPS) is 11.6. The highest BCUT2D eigenvalue weighted by Gasteiger charge is 2.12. The molecule has 0 unspecified atom stereocenters. The number of rotatable bonds is 6. The van der Waals surface area contributed by atoms with Crippen LogP contribution in [0.1, 0.15) is 32.3 Å². The maximum atomic E-state index is 11.6. The average molecular weight is 231 g/mol. The Hall–Kier alpha value is -1.04. The first-order valence-electron chi connectivity index (χ1n) is 5.11. The number of nitrogens with zero attached hydrogens (tertiary/aromatic N) is 1. The third-order valence-electron chi connectivity index (χ3n) is 2.12. The maximum absolute atomic E-state index is 11.6. The van der Waals surface area contributed by atoms with Gasteiger partial charge in [-0.15, -0.1) is 0 Å². The Morgan fingerprint density at radius 3 is 2.80 bits per heavy atom. The Kier molecular flexibility index (Phi) is 4.14. The molecule has 5 nitrogen and oxygen atoms in total. The van der Waals surface area contributed by atoms with Crippen molar-refractivity contribution in [3.05, 3.63) is 11.8 Å². The molecule has 86 valence electrons. The molecule has 6 heteroatoms. The zero-order valence-electron chi connectivity index (χ0n) is 9.08. The number of hydrogen-bond acceptors (Lipinski definition) is 3. The number of anilines is 1. The first-order chi connectivity index (χ1) is 7.09. The molecule has 1 heterocycles. The van der Waals surface area contributed by atoms with E-state index in [9.17, 15) is 8.42 Å². The number of aryl methyl sites for hydroxylation is 1. The lowest BCUT2D eigenvalue weighted by Crippen LogP contribution is -2.17. The molecule has 15 heavy (non-hydrogen) atoms. The van der Waals surface area contributed by atoms with Gasteiger partial charge in [0.15, 0.2) is 0 Å². The standard InChI is InChI=1S/C9H17N3O2S/c1-3-5-6-15(13,14)12-9-8(4-2)7-10-11-9/h7H,3-6H2,1-2H3,(H2,10,11,12). The Balaban J connectivity index is 2.68. The first kappa shape index (κ1) is 12.0. The molecule has 0 saturated heterocycles. The van der Waals surface area contributed by atoms with Crippen LogP contribution in [-0.4, -0.2) is 24.4 Å². The highest BCUT2D eigenvalue weighted by Crippen LogP contribution is 2.13. The number of hydrogen-bond donors (Lipinski definition) is 2. The molecule has 1 aromatic heterocycles. The second-order valence-electron chi connectivity index (χ2n) is 3.40. The zero-order valence-corrected chi connectivity index (χ0v) is 9.89. The lowest BCUT2D eigenvalue weighted by Gasteiger charge is -2.06. The van der Waals surface area contributed by atoms with E-state index in [2.05, 4.69) is 14.9 Å². The quantitative estimate of drug-likeness (QED) is 0.779. The van der Waals surface area contributed by atoms with Gasteiger partial charge in [0.25, 0.3) is 0 Å². The molecule has 2 N–H and O–H groups in total. The highest BCUT2D eigenvalue weighted by atomic mass is 32.2. The zero-order chi connectivity index (χ0) is 11.3. The fourth-order valence-electron chi connectivity index (χ4n) is 1.21. The van der Waals surface area contributed by atoms with E-state index in [0.717, 1.165) is 18.4 Å². The van der Waals surface area contributed by atoms with E-state index in [4.69, 9.17) is 0 Å². The molecule has 0 saturated carbocycles. The Morgan fingerprint density at radius 1 is 1.47 bits per heavy atom. The summed E-state index contributed by atoms with van der Waals surface area (Å²) in [5.41, 5.74) is 0.884. The van der Waals surface area contributed by atoms with Gasteiger partial charge in [0.05, 0.1) is 11.9 Å². The summed E-state index contributed by atoms with van der Waals surface area (Å²) in [6, 6.07) is 0. The van der Waals surface area contributed by atoms with Gasteiger partial charge in [-0.25, -0.2) is 8.42 Å². The van der Waals surface area contributed by atoms with Crippen molar-refractivity contribution in [3.63, 3.8) is 0 Å². The maximum Gasteiger partial charge on any atom is 0.233 e. The number of unbranched alkanes of at least 4 members (excludes halogenated alkanes) is 1. The minimum atomic E-state index is -3.22. The number of nitrogens with one attached hydrogen (secondary N) is 2. The molecule has 0 radical (unpaired) electrons. The minimum absolute atomic E-state index is 0.158. The van der Waals surface area contributed by atoms with Gasteiger partial charge < -0.3 is 0 Å². The van der Waals surface area contributed by atoms with E-state index < -0.39 is 10.0 Å². The van der Waals surface area contributed by atoms with Gasteiger partial charge >= 0.3 is 0 Å². The van der Waals surface area contributed by atoms with Crippen LogP contribution in [0.2, 0.25) is 0 Å². The predicted octanol–water partition coefficient (Wildman–Crippen LogP) is 1.51. The molecule has 0 aromatic carbocycles. The molecular formula is C9H17N3O2S. The third kappa shape index (κ3) is 3.54. The van der Waals surface area contributed by atoms with Crippen LogP contribution in [0.3, 0.4) is 0 Å². The number of aromatic nitrogens is 2. The van der Waals surface area contributed by atoms with Gasteiger partial charge in [-0.1, -0.05) is 20.3 Å². The first-order valence-corrected chi connectivity index (χ1v) is 6.77. The van der Waals surface area contributed by atoms with E-state index in [0.29, 0.717) is 12.2 Å². The van der Waals surface area contributed by atoms with Gasteiger partial charge in [0, 0.05) is 5.56 Å². The average Bonchev–Trinajstić information content (AvgIpc) is 2.61. The van der Waals surface area contributed by atoms with Crippen molar-refractivity contribution in [2.24, 2.45) is 0 Å². The highest BCUT2D eigenvalue weighted by molar-refractivity contribution is 7.92. The molecule has 0 aliphatic rings. The van der Waals surface area contributed by atoms with Crippen molar-refractivity contribution in [1.29, 1.82) is 0 Å². The lowest BCUT2D eigenvalue weighted by atomic mass is 10.3. The molecule has 0 aliphatic heterocycles. The molecule has 0 bridgehead atoms. The second kappa shape index (κ2) is 5.16. The van der Waals surface area contributed by atoms with Crippen LogP contribution in [0.4, 0.5) is 5.82 Å². The summed E-state index contributed by atoms with van der Waals surface area (Å²) in [6.45, 7) is 3.91. The molecule has 0 amide bonds. The molecule has 1 rings (SSSR count). The van der Waals surface area contributed by atoms with Crippen LogP contribution in [0.25, 0.3) is 0 Å². The predicted molar refractivity (Wildman–Crippen MR) is 60.3 cm³/mol. The summed E-state index contributed by atoms with van der Waals surface area (Å²) in [5, 5.41) is 6.45. The summed E-state index contributed by atoms with van der Waals surface area (Å²) in [4.78, 5) is 0. The topological polar surface area (TPSA) is 74.8 Å². The molecule has 0 aliphatic carbocycles. The van der Waals surface area contributed by atoms with Crippen molar-refractivity contribution in [2.75, 3.05) is 10.5 Å². The summed E-state index contributed by atoms with van der Waals surface area (Å²) in [6.07, 6.45) is 3.93. The van der Waals surface area contributed by atoms with E-state index in [1.165, 1.54) is 0 Å². The van der Waals surface area contributed by atoms with E-state index >= 15 is 0 Å². The Morgan fingerprint density at radius 2 is 2.20 bits per heavy atom. The van der Waals surface area contributed by atoms with Crippen molar-refractivity contribution in [3.8, 4) is 0 Å². The fourth-order valence-corrected chi connectivity index (χ4v) is 2.47. The van der Waals surface area contributed by atoms with Crippen LogP contribution in [0.5, 0.6) is 0 Å². The van der Waals surface area contributed by atoms with Crippen molar-refractivity contribution in [1.82, 2.24) is 10.2 Å². The Labute approximate surface area is 90.3 Å². The molecule has 1 aromatic rings. The van der Waals surface area contributed by atoms with E-state index in [1.54, 1.807) is 6.20 Å². The van der Waals surface area contributed by atoms with Crippen LogP contribution >= 0.6 is 0 Å². The van der Waals surface area contributed by atoms with Crippen molar-refractivity contribution < 1.29 is 8.42 Å². The minimum Gasteiger partial charge on any atom is -0.267 e. The molecule has 0 atom stereocenters. The summed E-state index contributed by atoms with van der Waals surface area (Å²) in [7, 11) is -3.22. The number of sulfonamides is 1. The van der Waals surface area contributed by atoms with Gasteiger partial charge in [-0.2, -0.15) is 5.10 Å². The van der Waals surface area contributed by atoms with Gasteiger partial charge in [-0.05, 0) is 12.8 Å². The molecule has 0 spiro atoms. The van der Waals surface area contributed by atoms with Crippen LogP contribution in [0.15, 0.2) is 6.20 Å². The van der Waals surface area contributed by atoms with E-state index in [1.807, 2.05) is 13.8 Å². The monoisotopic (exact) mass is 231 g/mol. The molecular weight excluding hydrogens is 214 g/mol. The SMILES string of the molecule is CCCCS(=O)(=O)Nc1[nH]ncc1CC. The molecule has 0 fully saturated rings. The van der Waals surface area contributed by atoms with E-state index in [-0.39, 0.29) is 5.75 Å². The van der Waals surface area contributed by atoms with Crippen LogP contribution < -0.4 is 4.72 Å². The smallest absolute Gasteiger partial charge is 0.233 e. The lowest BCUT2D eigenvalue weighted by molar-refractivity contribution is 0.597. The van der Waals surface area contributed by atoms with Gasteiger partial charge in [0.2, 0.25) is 10.0 Å². The van der Waals surface area contributed by atoms with Crippen LogP contribution in [0, 0.1) is 0 Å². The Bertz CT molecular complexity index is 397.